The number of amides is 2. The van der Waals surface area contributed by atoms with Crippen molar-refractivity contribution < 1.29 is 14.3 Å². The van der Waals surface area contributed by atoms with Crippen LogP contribution in [-0.2, 0) is 6.54 Å². The van der Waals surface area contributed by atoms with Crippen molar-refractivity contribution in [2.75, 3.05) is 12.4 Å². The van der Waals surface area contributed by atoms with Gasteiger partial charge in [-0.25, -0.2) is 0 Å². The van der Waals surface area contributed by atoms with Crippen LogP contribution in [0.5, 0.6) is 5.75 Å². The third kappa shape index (κ3) is 4.83. The summed E-state index contributed by atoms with van der Waals surface area (Å²) in [5.74, 6) is -0.298. The second-order valence-corrected chi connectivity index (χ2v) is 6.24. The summed E-state index contributed by atoms with van der Waals surface area (Å²) >= 11 is 5.98. The number of benzene rings is 1. The van der Waals surface area contributed by atoms with Crippen molar-refractivity contribution in [1.29, 1.82) is 0 Å². The van der Waals surface area contributed by atoms with Crippen molar-refractivity contribution in [2.24, 2.45) is 0 Å². The van der Waals surface area contributed by atoms with Gasteiger partial charge in [0, 0.05) is 36.4 Å². The number of anilines is 1. The average molecular weight is 397 g/mol. The zero-order valence-electron chi connectivity index (χ0n) is 15.0. The SMILES string of the molecule is COc1ccc(Cl)cc1NC(=O)c1cncc(C(=O)NCc2ccncc2)c1. The Morgan fingerprint density at radius 2 is 1.71 bits per heavy atom. The van der Waals surface area contributed by atoms with Gasteiger partial charge in [-0.05, 0) is 42.0 Å². The highest BCUT2D eigenvalue weighted by atomic mass is 35.5. The molecule has 0 radical (unpaired) electrons. The molecule has 2 amide bonds. The number of carbonyl (C=O) groups is 2. The first-order chi connectivity index (χ1) is 13.6. The number of pyridine rings is 2. The summed E-state index contributed by atoms with van der Waals surface area (Å²) in [6.07, 6.45) is 6.08. The van der Waals surface area contributed by atoms with Crippen LogP contribution in [0.3, 0.4) is 0 Å². The molecule has 142 valence electrons. The van der Waals surface area contributed by atoms with Crippen LogP contribution in [0.25, 0.3) is 0 Å². The summed E-state index contributed by atoms with van der Waals surface area (Å²) in [7, 11) is 1.49. The zero-order valence-corrected chi connectivity index (χ0v) is 15.7. The minimum Gasteiger partial charge on any atom is -0.495 e. The van der Waals surface area contributed by atoms with Crippen molar-refractivity contribution in [1.82, 2.24) is 15.3 Å². The molecule has 1 aromatic carbocycles. The van der Waals surface area contributed by atoms with Crippen LogP contribution in [0.2, 0.25) is 5.02 Å². The van der Waals surface area contributed by atoms with Crippen molar-refractivity contribution in [3.05, 3.63) is 82.9 Å². The lowest BCUT2D eigenvalue weighted by molar-refractivity contribution is 0.0950. The van der Waals surface area contributed by atoms with Crippen LogP contribution in [0.1, 0.15) is 26.3 Å². The van der Waals surface area contributed by atoms with Gasteiger partial charge in [-0.2, -0.15) is 0 Å². The summed E-state index contributed by atoms with van der Waals surface area (Å²) in [6, 6.07) is 9.98. The van der Waals surface area contributed by atoms with E-state index in [0.29, 0.717) is 23.0 Å². The lowest BCUT2D eigenvalue weighted by Gasteiger charge is -2.11. The summed E-state index contributed by atoms with van der Waals surface area (Å²) in [5, 5.41) is 5.95. The van der Waals surface area contributed by atoms with E-state index in [1.807, 2.05) is 0 Å². The Morgan fingerprint density at radius 3 is 2.43 bits per heavy atom. The van der Waals surface area contributed by atoms with Gasteiger partial charge in [0.1, 0.15) is 5.75 Å². The summed E-state index contributed by atoms with van der Waals surface area (Å²) in [5.41, 5.74) is 1.85. The number of aromatic nitrogens is 2. The minimum absolute atomic E-state index is 0.235. The molecule has 3 aromatic rings. The number of hydrogen-bond acceptors (Lipinski definition) is 5. The van der Waals surface area contributed by atoms with E-state index in [0.717, 1.165) is 5.56 Å². The van der Waals surface area contributed by atoms with Crippen LogP contribution in [-0.4, -0.2) is 28.9 Å². The number of carbonyl (C=O) groups excluding carboxylic acids is 2. The Hall–Kier alpha value is -3.45. The van der Waals surface area contributed by atoms with E-state index in [1.165, 1.54) is 25.6 Å². The van der Waals surface area contributed by atoms with Gasteiger partial charge in [-0.1, -0.05) is 11.6 Å². The van der Waals surface area contributed by atoms with Gasteiger partial charge in [-0.15, -0.1) is 0 Å². The quantitative estimate of drug-likeness (QED) is 0.666. The maximum Gasteiger partial charge on any atom is 0.257 e. The summed E-state index contributed by atoms with van der Waals surface area (Å²) in [4.78, 5) is 32.8. The predicted octanol–water partition coefficient (Wildman–Crippen LogP) is 3.32. The van der Waals surface area contributed by atoms with Crippen LogP contribution >= 0.6 is 11.6 Å². The molecule has 2 aromatic heterocycles. The summed E-state index contributed by atoms with van der Waals surface area (Å²) in [6.45, 7) is 0.345. The lowest BCUT2D eigenvalue weighted by Crippen LogP contribution is -2.23. The number of ether oxygens (including phenoxy) is 1. The van der Waals surface area contributed by atoms with E-state index in [4.69, 9.17) is 16.3 Å². The van der Waals surface area contributed by atoms with E-state index < -0.39 is 5.91 Å². The van der Waals surface area contributed by atoms with Gasteiger partial charge in [0.25, 0.3) is 11.8 Å². The molecule has 2 N–H and O–H groups in total. The fourth-order valence-electron chi connectivity index (χ4n) is 2.45. The molecule has 0 bridgehead atoms. The van der Waals surface area contributed by atoms with Gasteiger partial charge in [0.15, 0.2) is 0 Å². The Morgan fingerprint density at radius 1 is 1.00 bits per heavy atom. The molecular weight excluding hydrogens is 380 g/mol. The third-order valence-electron chi connectivity index (χ3n) is 3.87. The first kappa shape index (κ1) is 19.3. The standard InChI is InChI=1S/C20H17ClN4O3/c1-28-18-3-2-16(21)9-17(18)25-20(27)15-8-14(11-23-12-15)19(26)24-10-13-4-6-22-7-5-13/h2-9,11-12H,10H2,1H3,(H,24,26)(H,25,27). The fraction of sp³-hybridized carbons (Fsp3) is 0.100. The second-order valence-electron chi connectivity index (χ2n) is 5.80. The molecule has 0 atom stereocenters. The van der Waals surface area contributed by atoms with Crippen molar-refractivity contribution in [3.63, 3.8) is 0 Å². The van der Waals surface area contributed by atoms with Crippen LogP contribution in [0.15, 0.2) is 61.2 Å². The van der Waals surface area contributed by atoms with Crippen molar-refractivity contribution >= 4 is 29.1 Å². The molecule has 0 unspecified atom stereocenters. The molecule has 3 rings (SSSR count). The number of halogens is 1. The number of methoxy groups -OCH3 is 1. The van der Waals surface area contributed by atoms with Gasteiger partial charge in [0.05, 0.1) is 23.9 Å². The smallest absolute Gasteiger partial charge is 0.257 e. The van der Waals surface area contributed by atoms with Crippen molar-refractivity contribution in [2.45, 2.75) is 6.54 Å². The molecule has 0 saturated carbocycles. The molecule has 0 aliphatic rings. The Balaban J connectivity index is 1.71. The molecule has 7 nitrogen and oxygen atoms in total. The lowest BCUT2D eigenvalue weighted by atomic mass is 10.1. The molecular formula is C20H17ClN4O3. The largest absolute Gasteiger partial charge is 0.495 e. The van der Waals surface area contributed by atoms with Crippen molar-refractivity contribution in [3.8, 4) is 5.75 Å². The average Bonchev–Trinajstić information content (AvgIpc) is 2.73. The number of rotatable bonds is 6. The van der Waals surface area contributed by atoms with Gasteiger partial charge < -0.3 is 15.4 Å². The fourth-order valence-corrected chi connectivity index (χ4v) is 2.62. The van der Waals surface area contributed by atoms with Gasteiger partial charge in [0.2, 0.25) is 0 Å². The van der Waals surface area contributed by atoms with E-state index in [2.05, 4.69) is 20.6 Å². The number of hydrogen-bond donors (Lipinski definition) is 2. The second kappa shape index (κ2) is 8.96. The number of nitrogens with zero attached hydrogens (tertiary/aromatic N) is 2. The Bertz CT molecular complexity index is 996. The van der Waals surface area contributed by atoms with Crippen LogP contribution < -0.4 is 15.4 Å². The maximum atomic E-state index is 12.6. The molecule has 28 heavy (non-hydrogen) atoms. The molecule has 0 spiro atoms. The minimum atomic E-state index is -0.433. The van der Waals surface area contributed by atoms with Crippen LogP contribution in [0.4, 0.5) is 5.69 Å². The topological polar surface area (TPSA) is 93.2 Å². The highest BCUT2D eigenvalue weighted by Crippen LogP contribution is 2.28. The number of nitrogens with one attached hydrogen (secondary N) is 2. The normalized spacial score (nSPS) is 10.2. The van der Waals surface area contributed by atoms with Gasteiger partial charge >= 0.3 is 0 Å². The predicted molar refractivity (Wildman–Crippen MR) is 106 cm³/mol. The van der Waals surface area contributed by atoms with Crippen LogP contribution in [0, 0.1) is 0 Å². The van der Waals surface area contributed by atoms with Gasteiger partial charge in [-0.3, -0.25) is 19.6 Å². The van der Waals surface area contributed by atoms with E-state index in [9.17, 15) is 9.59 Å². The van der Waals surface area contributed by atoms with E-state index in [-0.39, 0.29) is 17.0 Å². The summed E-state index contributed by atoms with van der Waals surface area (Å²) < 4.78 is 5.22. The third-order valence-corrected chi connectivity index (χ3v) is 4.11. The highest BCUT2D eigenvalue weighted by molar-refractivity contribution is 6.31. The maximum absolute atomic E-state index is 12.6. The molecule has 8 heteroatoms. The van der Waals surface area contributed by atoms with E-state index in [1.54, 1.807) is 42.7 Å². The highest BCUT2D eigenvalue weighted by Gasteiger charge is 2.14. The Kier molecular flexibility index (Phi) is 6.18. The molecule has 0 aliphatic carbocycles. The molecule has 0 fully saturated rings. The zero-order chi connectivity index (χ0) is 19.9. The molecule has 0 aliphatic heterocycles. The monoisotopic (exact) mass is 396 g/mol. The molecule has 0 saturated heterocycles. The van der Waals surface area contributed by atoms with E-state index >= 15 is 0 Å². The first-order valence-corrected chi connectivity index (χ1v) is 8.71. The Labute approximate surface area is 166 Å². The first-order valence-electron chi connectivity index (χ1n) is 8.34. The molecule has 2 heterocycles.